The molecule has 476 valence electrons. The van der Waals surface area contributed by atoms with Crippen LogP contribution < -0.4 is 9.80 Å². The average Bonchev–Trinajstić information content (AvgIpc) is 1.27. The number of fused-ring (bicyclic) bond motifs is 16. The van der Waals surface area contributed by atoms with Crippen molar-refractivity contribution in [1.29, 1.82) is 0 Å². The van der Waals surface area contributed by atoms with E-state index in [0.29, 0.717) is 0 Å². The Bertz CT molecular complexity index is 6070. The van der Waals surface area contributed by atoms with Gasteiger partial charge in [-0.25, -0.2) is 0 Å². The van der Waals surface area contributed by atoms with Crippen LogP contribution in [0.25, 0.3) is 132 Å². The summed E-state index contributed by atoms with van der Waals surface area (Å²) in [5, 5.41) is 9.89. The molecule has 0 saturated carbocycles. The Balaban J connectivity index is 0.857. The van der Waals surface area contributed by atoms with Gasteiger partial charge in [-0.15, -0.1) is 0 Å². The normalized spacial score (nSPS) is 13.0. The molecule has 2 aliphatic heterocycles. The van der Waals surface area contributed by atoms with Gasteiger partial charge in [0.15, 0.2) is 0 Å². The van der Waals surface area contributed by atoms with Gasteiger partial charge in [-0.05, 0) is 167 Å². The van der Waals surface area contributed by atoms with Crippen molar-refractivity contribution < 1.29 is 0 Å². The zero-order chi connectivity index (χ0) is 66.8. The van der Waals surface area contributed by atoms with Crippen LogP contribution in [0.15, 0.2) is 340 Å². The molecule has 0 amide bonds. The van der Waals surface area contributed by atoms with E-state index < -0.39 is 0 Å². The predicted molar refractivity (Wildman–Crippen MR) is 424 cm³/mol. The van der Waals surface area contributed by atoms with Crippen molar-refractivity contribution in [2.45, 2.75) is 32.1 Å². The molecule has 0 spiro atoms. The SMILES string of the molecule is CC(C)(C)c1cc2c3c(c1)N(c1ccccc1-c1cccc(-n4c5ccccc5c5ccccc54)c1)c1ccc(-n4c5ccccc5c5ccccc54)cc1C3c1cc(-n3c4ccccc4c4ccccc43)ccc1N2c1ccccc1-c1cccc(-n2c3ccccc3c3ccccc32)c1. The fourth-order valence-electron chi connectivity index (χ4n) is 17.5. The first-order valence-corrected chi connectivity index (χ1v) is 35.2. The smallest absolute Gasteiger partial charge is 0.0541 e. The molecule has 0 N–H and O–H groups in total. The van der Waals surface area contributed by atoms with Gasteiger partial charge in [0.25, 0.3) is 0 Å². The van der Waals surface area contributed by atoms with E-state index in [-0.39, 0.29) is 11.3 Å². The number of hydrogen-bond donors (Lipinski definition) is 0. The van der Waals surface area contributed by atoms with Crippen molar-refractivity contribution in [3.63, 3.8) is 0 Å². The molecule has 4 aromatic heterocycles. The van der Waals surface area contributed by atoms with Crippen LogP contribution >= 0.6 is 0 Å². The fourth-order valence-corrected chi connectivity index (χ4v) is 17.5. The van der Waals surface area contributed by atoms with E-state index >= 15 is 0 Å². The Morgan fingerprint density at radius 2 is 0.505 bits per heavy atom. The minimum atomic E-state index is -0.272. The quantitative estimate of drug-likeness (QED) is 0.152. The van der Waals surface area contributed by atoms with Crippen LogP contribution in [-0.4, -0.2) is 18.3 Å². The van der Waals surface area contributed by atoms with Crippen LogP contribution in [0.3, 0.4) is 0 Å². The average molecular weight is 1290 g/mol. The molecule has 19 aromatic rings. The third-order valence-electron chi connectivity index (χ3n) is 21.9. The van der Waals surface area contributed by atoms with Crippen molar-refractivity contribution in [2.75, 3.05) is 9.80 Å². The highest BCUT2D eigenvalue weighted by Gasteiger charge is 2.44. The highest BCUT2D eigenvalue weighted by molar-refractivity contribution is 6.13. The van der Waals surface area contributed by atoms with Crippen LogP contribution in [0.1, 0.15) is 48.9 Å². The Labute approximate surface area is 584 Å². The Hall–Kier alpha value is -12.9. The van der Waals surface area contributed by atoms with E-state index in [2.05, 4.69) is 389 Å². The monoisotopic (exact) mass is 1290 g/mol. The summed E-state index contributed by atoms with van der Waals surface area (Å²) in [6.07, 6.45) is 0. The van der Waals surface area contributed by atoms with Crippen LogP contribution in [0.4, 0.5) is 34.1 Å². The van der Waals surface area contributed by atoms with Gasteiger partial charge in [0, 0.05) is 88.4 Å². The molecular formula is C95H66N6. The topological polar surface area (TPSA) is 26.2 Å². The number of benzene rings is 15. The van der Waals surface area contributed by atoms with Crippen LogP contribution in [0.2, 0.25) is 0 Å². The molecule has 101 heavy (non-hydrogen) atoms. The van der Waals surface area contributed by atoms with Gasteiger partial charge in [0.2, 0.25) is 0 Å². The standard InChI is InChI=1S/C95H66N6/c1-95(2,3)62-56-91-94-92(57-62)101(80-41-15-5-31-68(80)61-27-25-29-64(55-61)97-83-44-18-8-34-71(83)72-35-9-19-45-84(72)97)90-53-51-66(99-87-48-22-12-38-75(87)76-39-13-23-49-88(76)99)59-78(90)93(94)77-58-65(98-85-46-20-10-36-73(85)74-37-11-21-47-86(74)98)50-52-89(77)100(91)79-40-14-4-30-67(79)60-26-24-28-63(54-60)96-81-42-16-6-32-69(81)70-33-7-17-43-82(70)96/h4-59,93H,1-3H3. The molecule has 0 unspecified atom stereocenters. The van der Waals surface area contributed by atoms with E-state index in [9.17, 15) is 0 Å². The van der Waals surface area contributed by atoms with Crippen LogP contribution in [0.5, 0.6) is 0 Å². The lowest BCUT2D eigenvalue weighted by Gasteiger charge is -2.46. The maximum Gasteiger partial charge on any atom is 0.0541 e. The van der Waals surface area contributed by atoms with Crippen molar-refractivity contribution in [3.8, 4) is 45.0 Å². The molecule has 15 aromatic carbocycles. The Morgan fingerprint density at radius 1 is 0.228 bits per heavy atom. The number of rotatable bonds is 8. The molecule has 0 fully saturated rings. The van der Waals surface area contributed by atoms with E-state index in [4.69, 9.17) is 0 Å². The first kappa shape index (κ1) is 57.2. The lowest BCUT2D eigenvalue weighted by atomic mass is 9.73. The van der Waals surface area contributed by atoms with Crippen LogP contribution in [-0.2, 0) is 5.41 Å². The van der Waals surface area contributed by atoms with Gasteiger partial charge in [-0.1, -0.05) is 227 Å². The maximum absolute atomic E-state index is 2.64. The van der Waals surface area contributed by atoms with Crippen LogP contribution in [0, 0.1) is 0 Å². The third kappa shape index (κ3) is 8.46. The van der Waals surface area contributed by atoms with Gasteiger partial charge in [-0.2, -0.15) is 0 Å². The minimum Gasteiger partial charge on any atom is -0.309 e. The predicted octanol–water partition coefficient (Wildman–Crippen LogP) is 25.5. The van der Waals surface area contributed by atoms with E-state index in [0.717, 1.165) is 79.1 Å². The maximum atomic E-state index is 2.64. The number of anilines is 6. The first-order valence-electron chi connectivity index (χ1n) is 35.2. The summed E-state index contributed by atoms with van der Waals surface area (Å²) in [7, 11) is 0. The van der Waals surface area contributed by atoms with Crippen molar-refractivity contribution in [2.24, 2.45) is 0 Å². The number of aromatic nitrogens is 4. The number of para-hydroxylation sites is 10. The summed E-state index contributed by atoms with van der Waals surface area (Å²) in [6, 6.07) is 127. The Morgan fingerprint density at radius 3 is 0.812 bits per heavy atom. The van der Waals surface area contributed by atoms with Gasteiger partial charge in [-0.3, -0.25) is 0 Å². The van der Waals surface area contributed by atoms with Gasteiger partial charge >= 0.3 is 0 Å². The van der Waals surface area contributed by atoms with Gasteiger partial charge in [0.1, 0.15) is 0 Å². The third-order valence-corrected chi connectivity index (χ3v) is 21.9. The van der Waals surface area contributed by atoms with Crippen molar-refractivity contribution >= 4 is 121 Å². The molecule has 0 bridgehead atoms. The molecule has 0 radical (unpaired) electrons. The second-order valence-corrected chi connectivity index (χ2v) is 28.4. The summed E-state index contributed by atoms with van der Waals surface area (Å²) in [5.41, 5.74) is 29.9. The molecule has 6 nitrogen and oxygen atoms in total. The summed E-state index contributed by atoms with van der Waals surface area (Å²) < 4.78 is 9.87. The molecule has 6 heteroatoms. The number of nitrogens with zero attached hydrogens (tertiary/aromatic N) is 6. The summed E-state index contributed by atoms with van der Waals surface area (Å²) in [5.74, 6) is -0.246. The lowest BCUT2D eigenvalue weighted by Crippen LogP contribution is -2.31. The molecule has 0 aliphatic carbocycles. The zero-order valence-electron chi connectivity index (χ0n) is 56.1. The summed E-state index contributed by atoms with van der Waals surface area (Å²) >= 11 is 0. The summed E-state index contributed by atoms with van der Waals surface area (Å²) in [4.78, 5) is 5.28. The van der Waals surface area contributed by atoms with Gasteiger partial charge < -0.3 is 28.1 Å². The first-order chi connectivity index (χ1) is 49.8. The second-order valence-electron chi connectivity index (χ2n) is 28.4. The largest absolute Gasteiger partial charge is 0.309 e. The molecule has 6 heterocycles. The molecular weight excluding hydrogens is 1230 g/mol. The van der Waals surface area contributed by atoms with Gasteiger partial charge in [0.05, 0.1) is 78.3 Å². The Kier molecular flexibility index (Phi) is 12.3. The van der Waals surface area contributed by atoms with E-state index in [1.807, 2.05) is 0 Å². The van der Waals surface area contributed by atoms with Crippen molar-refractivity contribution in [3.05, 3.63) is 362 Å². The van der Waals surface area contributed by atoms with E-state index in [1.54, 1.807) is 0 Å². The number of hydrogen-bond acceptors (Lipinski definition) is 2. The summed E-state index contributed by atoms with van der Waals surface area (Å²) in [6.45, 7) is 7.12. The highest BCUT2D eigenvalue weighted by atomic mass is 15.2. The minimum absolute atomic E-state index is 0.246. The second kappa shape index (κ2) is 21.8. The fraction of sp³-hybridized carbons (Fsp3) is 0.0526. The molecule has 2 aliphatic rings. The molecule has 21 rings (SSSR count). The molecule has 0 saturated heterocycles. The highest BCUT2D eigenvalue weighted by Crippen LogP contribution is 2.63. The van der Waals surface area contributed by atoms with Crippen molar-refractivity contribution in [1.82, 2.24) is 18.3 Å². The lowest BCUT2D eigenvalue weighted by molar-refractivity contribution is 0.590. The molecule has 0 atom stereocenters. The van der Waals surface area contributed by atoms with E-state index in [1.165, 1.54) is 109 Å². The zero-order valence-corrected chi connectivity index (χ0v) is 56.1.